The molecule has 2 heteroatoms. The third-order valence-corrected chi connectivity index (χ3v) is 15.7. The Morgan fingerprint density at radius 2 is 0.688 bits per heavy atom. The molecular weight excluding hydrogens is 417 g/mol. The summed E-state index contributed by atoms with van der Waals surface area (Å²) in [4.78, 5) is 0. The van der Waals surface area contributed by atoms with E-state index >= 15 is 0 Å². The van der Waals surface area contributed by atoms with Crippen LogP contribution in [0.25, 0.3) is 5.57 Å². The van der Waals surface area contributed by atoms with Gasteiger partial charge in [0.25, 0.3) is 0 Å². The first-order valence-electron chi connectivity index (χ1n) is 12.2. The van der Waals surface area contributed by atoms with E-state index < -0.39 is 17.6 Å². The maximum Gasteiger partial charge on any atom is 0.0814 e. The van der Waals surface area contributed by atoms with E-state index in [4.69, 9.17) is 0 Å². The molecule has 0 unspecified atom stereocenters. The van der Waals surface area contributed by atoms with Gasteiger partial charge in [-0.2, -0.15) is 0 Å². The Bertz CT molecular complexity index is 800. The molecule has 2 aromatic carbocycles. The van der Waals surface area contributed by atoms with E-state index in [1.807, 2.05) is 0 Å². The third kappa shape index (κ3) is 6.35. The molecule has 0 radical (unpaired) electrons. The molecule has 0 saturated carbocycles. The van der Waals surface area contributed by atoms with Gasteiger partial charge < -0.3 is 0 Å². The highest BCUT2D eigenvalue weighted by Crippen LogP contribution is 2.42. The highest BCUT2D eigenvalue weighted by molar-refractivity contribution is 6.78. The van der Waals surface area contributed by atoms with Gasteiger partial charge in [-0.25, -0.2) is 0 Å². The fourth-order valence-electron chi connectivity index (χ4n) is 6.52. The Kier molecular flexibility index (Phi) is 7.64. The Morgan fingerprint density at radius 1 is 0.469 bits per heavy atom. The molecule has 2 aromatic rings. The smallest absolute Gasteiger partial charge is 0.0814 e. The Hall–Kier alpha value is -1.39. The average Bonchev–Trinajstić information content (AvgIpc) is 2.57. The van der Waals surface area contributed by atoms with Crippen LogP contribution in [0, 0.1) is 0 Å². The largest absolute Gasteiger partial charge is 0.0906 e. The van der Waals surface area contributed by atoms with Gasteiger partial charge in [0.15, 0.2) is 0 Å². The van der Waals surface area contributed by atoms with Crippen molar-refractivity contribution in [3.8, 4) is 0 Å². The molecule has 0 aliphatic heterocycles. The summed E-state index contributed by atoms with van der Waals surface area (Å²) in [5.74, 6) is 0. The molecule has 0 atom stereocenters. The fraction of sp³-hybridized carbons (Fsp3) is 0.533. The molecule has 0 spiro atoms. The lowest BCUT2D eigenvalue weighted by molar-refractivity contribution is 0.653. The van der Waals surface area contributed by atoms with Crippen molar-refractivity contribution in [3.63, 3.8) is 0 Å². The first-order chi connectivity index (χ1) is 14.3. The Labute approximate surface area is 202 Å². The van der Waals surface area contributed by atoms with Crippen LogP contribution in [-0.2, 0) is 0 Å². The van der Waals surface area contributed by atoms with Crippen molar-refractivity contribution in [1.29, 1.82) is 0 Å². The lowest BCUT2D eigenvalue weighted by Gasteiger charge is -2.40. The van der Waals surface area contributed by atoms with Gasteiger partial charge in [-0.1, -0.05) is 149 Å². The lowest BCUT2D eigenvalue weighted by Crippen LogP contribution is -2.45. The minimum absolute atomic E-state index is 0.354. The summed E-state index contributed by atoms with van der Waals surface area (Å²) in [5, 5.41) is 4.53. The second kappa shape index (κ2) is 9.10. The van der Waals surface area contributed by atoms with Gasteiger partial charge >= 0.3 is 0 Å². The van der Waals surface area contributed by atoms with Crippen LogP contribution in [0.4, 0.5) is 0 Å². The summed E-state index contributed by atoms with van der Waals surface area (Å²) in [6, 6.07) is 18.7. The van der Waals surface area contributed by atoms with Gasteiger partial charge in [0.05, 0.1) is 17.6 Å². The minimum Gasteiger partial charge on any atom is -0.0906 e. The molecule has 0 fully saturated rings. The molecule has 176 valence electrons. The minimum atomic E-state index is -1.17. The summed E-state index contributed by atoms with van der Waals surface area (Å²) < 4.78 is 0. The molecule has 0 saturated heterocycles. The van der Waals surface area contributed by atoms with E-state index in [9.17, 15) is 0 Å². The second-order valence-electron chi connectivity index (χ2n) is 14.1. The number of rotatable bonds is 4. The van der Waals surface area contributed by atoms with Gasteiger partial charge in [-0.3, -0.25) is 0 Å². The molecule has 0 bridgehead atoms. The summed E-state index contributed by atoms with van der Waals surface area (Å²) >= 11 is 0. The molecule has 0 aliphatic rings. The first kappa shape index (κ1) is 26.9. The van der Waals surface area contributed by atoms with Crippen LogP contribution < -0.4 is 10.4 Å². The maximum atomic E-state index is 4.46. The van der Waals surface area contributed by atoms with E-state index in [-0.39, 0.29) is 0 Å². The maximum absolute atomic E-state index is 4.46. The van der Waals surface area contributed by atoms with E-state index in [1.165, 1.54) is 11.1 Å². The summed E-state index contributed by atoms with van der Waals surface area (Å²) in [6.45, 7) is 33.4. The zero-order valence-corrected chi connectivity index (χ0v) is 25.3. The van der Waals surface area contributed by atoms with Crippen LogP contribution >= 0.6 is 0 Å². The van der Waals surface area contributed by atoms with Crippen LogP contribution in [0.15, 0.2) is 55.1 Å². The summed E-state index contributed by atoms with van der Waals surface area (Å²) in [6.07, 6.45) is 0. The molecule has 0 heterocycles. The molecule has 0 amide bonds. The summed E-state index contributed by atoms with van der Waals surface area (Å²) in [7, 11) is -2.34. The van der Waals surface area contributed by atoms with E-state index in [2.05, 4.69) is 138 Å². The first-order valence-corrected chi connectivity index (χ1v) is 15.7. The molecule has 0 nitrogen and oxygen atoms in total. The number of benzene rings is 2. The monoisotopic (exact) mass is 464 g/mol. The van der Waals surface area contributed by atoms with Crippen molar-refractivity contribution in [2.75, 3.05) is 0 Å². The van der Waals surface area contributed by atoms with Crippen LogP contribution in [0.3, 0.4) is 0 Å². The van der Waals surface area contributed by atoms with Crippen molar-refractivity contribution in [2.24, 2.45) is 0 Å². The van der Waals surface area contributed by atoms with Crippen LogP contribution in [-0.4, -0.2) is 17.6 Å². The van der Waals surface area contributed by atoms with E-state index in [0.717, 1.165) is 5.57 Å². The second-order valence-corrected chi connectivity index (χ2v) is 24.0. The van der Waals surface area contributed by atoms with Crippen molar-refractivity contribution < 1.29 is 0 Å². The highest BCUT2D eigenvalue weighted by atomic mass is 28.3. The molecule has 2 rings (SSSR count). The fourth-order valence-corrected chi connectivity index (χ4v) is 16.9. The lowest BCUT2D eigenvalue weighted by atomic mass is 10.00. The van der Waals surface area contributed by atoms with Gasteiger partial charge in [0, 0.05) is 0 Å². The van der Waals surface area contributed by atoms with Gasteiger partial charge in [0.2, 0.25) is 0 Å². The molecule has 0 N–H and O–H groups in total. The van der Waals surface area contributed by atoms with Crippen molar-refractivity contribution in [1.82, 2.24) is 0 Å². The van der Waals surface area contributed by atoms with Crippen LogP contribution in [0.2, 0.25) is 20.2 Å². The predicted octanol–water partition coefficient (Wildman–Crippen LogP) is 7.82. The number of hydrogen-bond donors (Lipinski definition) is 0. The summed E-state index contributed by atoms with van der Waals surface area (Å²) in [5.41, 5.74) is 3.59. The van der Waals surface area contributed by atoms with Crippen molar-refractivity contribution in [3.05, 3.63) is 66.2 Å². The third-order valence-electron chi connectivity index (χ3n) is 6.65. The average molecular weight is 465 g/mol. The van der Waals surface area contributed by atoms with Gasteiger partial charge in [-0.05, 0) is 36.9 Å². The molecule has 0 aliphatic carbocycles. The zero-order chi connectivity index (χ0) is 24.7. The van der Waals surface area contributed by atoms with Crippen LogP contribution in [0.5, 0.6) is 0 Å². The SMILES string of the molecule is C=C(c1ccc([SiH](C(C)(C)C)C(C)(C)C)cc1)c1ccc([SiH](C(C)(C)C)C(C)(C)C)cc1. The van der Waals surface area contributed by atoms with E-state index in [1.54, 1.807) is 10.4 Å². The zero-order valence-electron chi connectivity index (χ0n) is 23.0. The number of hydrogen-bond acceptors (Lipinski definition) is 0. The highest BCUT2D eigenvalue weighted by Gasteiger charge is 2.38. The predicted molar refractivity (Wildman–Crippen MR) is 153 cm³/mol. The van der Waals surface area contributed by atoms with Gasteiger partial charge in [-0.15, -0.1) is 0 Å². The molecular formula is C30H48Si2. The molecule has 0 aromatic heterocycles. The van der Waals surface area contributed by atoms with Crippen LogP contribution in [0.1, 0.15) is 94.2 Å². The van der Waals surface area contributed by atoms with Crippen molar-refractivity contribution >= 4 is 33.5 Å². The Morgan fingerprint density at radius 3 is 0.875 bits per heavy atom. The quantitative estimate of drug-likeness (QED) is 0.405. The van der Waals surface area contributed by atoms with Gasteiger partial charge in [0.1, 0.15) is 0 Å². The molecule has 32 heavy (non-hydrogen) atoms. The van der Waals surface area contributed by atoms with Crippen molar-refractivity contribution in [2.45, 2.75) is 103 Å². The standard InChI is InChI=1S/C30H48Si2/c1-22(23-14-18-25(19-15-23)31(27(2,3)4)28(5,6)7)24-16-20-26(21-17-24)32(29(8,9)10)30(11,12)13/h14-21,31-32H,1H2,2-13H3. The normalized spacial score (nSPS) is 13.7. The van der Waals surface area contributed by atoms with E-state index in [0.29, 0.717) is 20.2 Å². The Balaban J connectivity index is 2.33. The topological polar surface area (TPSA) is 0 Å².